The van der Waals surface area contributed by atoms with E-state index in [4.69, 9.17) is 4.74 Å². The minimum Gasteiger partial charge on any atom is -0.466 e. The van der Waals surface area contributed by atoms with Crippen LogP contribution in [0.4, 0.5) is 0 Å². The first kappa shape index (κ1) is 49.6. The molecule has 51 heavy (non-hydrogen) atoms. The van der Waals surface area contributed by atoms with Crippen molar-refractivity contribution in [2.75, 3.05) is 13.2 Å². The third-order valence-electron chi connectivity index (χ3n) is 10.3. The van der Waals surface area contributed by atoms with Crippen molar-refractivity contribution in [2.24, 2.45) is 0 Å². The highest BCUT2D eigenvalue weighted by molar-refractivity contribution is 5.76. The molecule has 0 fully saturated rings. The zero-order chi connectivity index (χ0) is 37.3. The van der Waals surface area contributed by atoms with Crippen molar-refractivity contribution in [3.8, 4) is 0 Å². The number of unbranched alkanes of at least 4 members (excludes halogenated alkanes) is 30. The smallest absolute Gasteiger partial charge is 0.305 e. The molecule has 0 aromatic rings. The Hall–Kier alpha value is -1.40. The van der Waals surface area contributed by atoms with Crippen molar-refractivity contribution in [1.82, 2.24) is 5.32 Å². The first-order valence-corrected chi connectivity index (χ1v) is 22.5. The first-order valence-electron chi connectivity index (χ1n) is 22.5. The number of aliphatic hydroxyl groups is 2. The third kappa shape index (κ3) is 38.1. The minimum absolute atomic E-state index is 0.0258. The summed E-state index contributed by atoms with van der Waals surface area (Å²) in [5.74, 6) is -0.122. The molecule has 0 radical (unpaired) electrons. The highest BCUT2D eigenvalue weighted by Crippen LogP contribution is 2.15. The maximum absolute atomic E-state index is 12.4. The summed E-state index contributed by atoms with van der Waals surface area (Å²) in [5.41, 5.74) is 0. The van der Waals surface area contributed by atoms with Crippen LogP contribution in [0.2, 0.25) is 0 Å². The van der Waals surface area contributed by atoms with Gasteiger partial charge in [0.1, 0.15) is 0 Å². The number of hydrogen-bond acceptors (Lipinski definition) is 5. The third-order valence-corrected chi connectivity index (χ3v) is 10.3. The SMILES string of the molecule is CCCCCCCCCCC/C=C/C(O)C(CO)NC(=O)CCCCCCCCCCCOC(=O)CCCCCCCCCCCCCCCC. The van der Waals surface area contributed by atoms with Gasteiger partial charge >= 0.3 is 5.97 Å². The Morgan fingerprint density at radius 2 is 0.902 bits per heavy atom. The lowest BCUT2D eigenvalue weighted by molar-refractivity contribution is -0.143. The fraction of sp³-hybridized carbons (Fsp3) is 0.911. The van der Waals surface area contributed by atoms with E-state index in [0.717, 1.165) is 57.8 Å². The quantitative estimate of drug-likeness (QED) is 0.0332. The van der Waals surface area contributed by atoms with Gasteiger partial charge in [-0.15, -0.1) is 0 Å². The summed E-state index contributed by atoms with van der Waals surface area (Å²) in [4.78, 5) is 24.3. The van der Waals surface area contributed by atoms with E-state index >= 15 is 0 Å². The molecule has 6 nitrogen and oxygen atoms in total. The number of rotatable bonds is 41. The van der Waals surface area contributed by atoms with Gasteiger partial charge in [0, 0.05) is 12.8 Å². The summed E-state index contributed by atoms with van der Waals surface area (Å²) in [5, 5.41) is 22.9. The van der Waals surface area contributed by atoms with Crippen LogP contribution in [0.15, 0.2) is 12.2 Å². The van der Waals surface area contributed by atoms with Gasteiger partial charge in [-0.25, -0.2) is 0 Å². The Morgan fingerprint density at radius 3 is 1.33 bits per heavy atom. The molecule has 0 heterocycles. The maximum Gasteiger partial charge on any atom is 0.305 e. The molecule has 302 valence electrons. The van der Waals surface area contributed by atoms with E-state index in [1.807, 2.05) is 6.08 Å². The van der Waals surface area contributed by atoms with Crippen LogP contribution >= 0.6 is 0 Å². The van der Waals surface area contributed by atoms with Crippen LogP contribution in [0.1, 0.15) is 239 Å². The lowest BCUT2D eigenvalue weighted by atomic mass is 10.0. The van der Waals surface area contributed by atoms with E-state index < -0.39 is 12.1 Å². The molecule has 0 rings (SSSR count). The number of carbonyl (C=O) groups excluding carboxylic acids is 2. The van der Waals surface area contributed by atoms with Crippen LogP contribution in [-0.4, -0.2) is 47.4 Å². The fourth-order valence-corrected chi connectivity index (χ4v) is 6.81. The Bertz CT molecular complexity index is 757. The molecule has 3 N–H and O–H groups in total. The monoisotopic (exact) mass is 722 g/mol. The van der Waals surface area contributed by atoms with Gasteiger partial charge in [-0.3, -0.25) is 9.59 Å². The summed E-state index contributed by atoms with van der Waals surface area (Å²) >= 11 is 0. The van der Waals surface area contributed by atoms with Gasteiger partial charge in [-0.05, 0) is 32.1 Å². The molecule has 0 aliphatic rings. The van der Waals surface area contributed by atoms with Gasteiger partial charge in [0.05, 0.1) is 25.4 Å². The summed E-state index contributed by atoms with van der Waals surface area (Å²) in [6.45, 7) is 4.82. The Kier molecular flexibility index (Phi) is 40.2. The molecule has 0 saturated heterocycles. The van der Waals surface area contributed by atoms with Crippen molar-refractivity contribution in [2.45, 2.75) is 251 Å². The predicted octanol–water partition coefficient (Wildman–Crippen LogP) is 12.6. The zero-order valence-electron chi connectivity index (χ0n) is 34.1. The van der Waals surface area contributed by atoms with Crippen molar-refractivity contribution in [1.29, 1.82) is 0 Å². The minimum atomic E-state index is -0.858. The van der Waals surface area contributed by atoms with E-state index in [0.29, 0.717) is 19.4 Å². The van der Waals surface area contributed by atoms with Crippen LogP contribution in [0.5, 0.6) is 0 Å². The van der Waals surface area contributed by atoms with E-state index in [-0.39, 0.29) is 18.5 Å². The van der Waals surface area contributed by atoms with Crippen molar-refractivity contribution in [3.63, 3.8) is 0 Å². The number of amides is 1. The van der Waals surface area contributed by atoms with Crippen molar-refractivity contribution < 1.29 is 24.5 Å². The van der Waals surface area contributed by atoms with E-state index in [1.165, 1.54) is 154 Å². The Labute approximate surface area is 317 Å². The molecule has 0 aliphatic heterocycles. The number of ether oxygens (including phenoxy) is 1. The molecule has 0 aromatic carbocycles. The molecule has 0 saturated carbocycles. The van der Waals surface area contributed by atoms with Crippen molar-refractivity contribution in [3.05, 3.63) is 12.2 Å². The van der Waals surface area contributed by atoms with E-state index in [9.17, 15) is 19.8 Å². The number of esters is 1. The average molecular weight is 722 g/mol. The maximum atomic E-state index is 12.4. The number of aliphatic hydroxyl groups excluding tert-OH is 2. The summed E-state index contributed by atoms with van der Waals surface area (Å²) in [7, 11) is 0. The Balaban J connectivity index is 3.51. The number of nitrogens with one attached hydrogen (secondary N) is 1. The molecule has 6 heteroatoms. The molecule has 0 bridgehead atoms. The molecule has 1 amide bonds. The molecule has 2 atom stereocenters. The lowest BCUT2D eigenvalue weighted by Gasteiger charge is -2.20. The number of carbonyl (C=O) groups is 2. The molecule has 0 spiro atoms. The highest BCUT2D eigenvalue weighted by Gasteiger charge is 2.18. The standard InChI is InChI=1S/C45H87NO5/c1-3-5-7-9-11-13-15-16-17-19-23-27-31-35-39-45(50)51-40-36-32-28-24-20-22-26-30-34-38-44(49)46-42(41-47)43(48)37-33-29-25-21-18-14-12-10-8-6-4-2/h33,37,42-43,47-48H,3-32,34-36,38-41H2,1-2H3,(H,46,49)/b37-33+. The van der Waals surface area contributed by atoms with Crippen molar-refractivity contribution >= 4 is 11.9 Å². The van der Waals surface area contributed by atoms with Gasteiger partial charge in [0.15, 0.2) is 0 Å². The van der Waals surface area contributed by atoms with Crippen LogP contribution in [0, 0.1) is 0 Å². The fourth-order valence-electron chi connectivity index (χ4n) is 6.81. The zero-order valence-corrected chi connectivity index (χ0v) is 34.1. The van der Waals surface area contributed by atoms with E-state index in [2.05, 4.69) is 19.2 Å². The van der Waals surface area contributed by atoms with E-state index in [1.54, 1.807) is 6.08 Å². The molecule has 2 unspecified atom stereocenters. The van der Waals surface area contributed by atoms with Crippen LogP contribution in [0.3, 0.4) is 0 Å². The second-order valence-corrected chi connectivity index (χ2v) is 15.4. The lowest BCUT2D eigenvalue weighted by Crippen LogP contribution is -2.45. The first-order chi connectivity index (χ1) is 25.0. The molecular weight excluding hydrogens is 634 g/mol. The number of allylic oxidation sites excluding steroid dienone is 1. The molecular formula is C45H87NO5. The summed E-state index contributed by atoms with van der Waals surface area (Å²) in [6.07, 6.45) is 44.8. The van der Waals surface area contributed by atoms with Gasteiger partial charge in [0.25, 0.3) is 0 Å². The predicted molar refractivity (Wildman–Crippen MR) is 218 cm³/mol. The largest absolute Gasteiger partial charge is 0.466 e. The van der Waals surface area contributed by atoms with Gasteiger partial charge in [-0.1, -0.05) is 206 Å². The van der Waals surface area contributed by atoms with Crippen LogP contribution in [0.25, 0.3) is 0 Å². The average Bonchev–Trinajstić information content (AvgIpc) is 3.13. The second kappa shape index (κ2) is 41.4. The van der Waals surface area contributed by atoms with Crippen LogP contribution < -0.4 is 5.32 Å². The normalized spacial score (nSPS) is 12.8. The Morgan fingerprint density at radius 1 is 0.529 bits per heavy atom. The van der Waals surface area contributed by atoms with Gasteiger partial charge < -0.3 is 20.3 Å². The molecule has 0 aliphatic carbocycles. The summed E-state index contributed by atoms with van der Waals surface area (Å²) < 4.78 is 5.44. The summed E-state index contributed by atoms with van der Waals surface area (Å²) in [6, 6.07) is -0.644. The topological polar surface area (TPSA) is 95.9 Å². The van der Waals surface area contributed by atoms with Gasteiger partial charge in [-0.2, -0.15) is 0 Å². The number of hydrogen-bond donors (Lipinski definition) is 3. The molecule has 0 aromatic heterocycles. The second-order valence-electron chi connectivity index (χ2n) is 15.4. The van der Waals surface area contributed by atoms with Crippen LogP contribution in [-0.2, 0) is 14.3 Å². The highest BCUT2D eigenvalue weighted by atomic mass is 16.5. The van der Waals surface area contributed by atoms with Gasteiger partial charge in [0.2, 0.25) is 5.91 Å².